The molecule has 1 unspecified atom stereocenters. The molecule has 108 valence electrons. The van der Waals surface area contributed by atoms with Crippen molar-refractivity contribution in [3.63, 3.8) is 0 Å². The van der Waals surface area contributed by atoms with Crippen LogP contribution in [0.4, 0.5) is 5.82 Å². The molecule has 3 N–H and O–H groups in total. The number of rotatable bonds is 5. The van der Waals surface area contributed by atoms with E-state index in [9.17, 15) is 4.79 Å². The van der Waals surface area contributed by atoms with Gasteiger partial charge in [0.15, 0.2) is 0 Å². The first-order valence-corrected chi connectivity index (χ1v) is 7.45. The number of hydrogen-bond acceptors (Lipinski definition) is 4. The molecule has 1 saturated heterocycles. The molecule has 20 heavy (non-hydrogen) atoms. The first-order chi connectivity index (χ1) is 9.72. The van der Waals surface area contributed by atoms with Crippen LogP contribution >= 0.6 is 0 Å². The maximum Gasteiger partial charge on any atom is 0.222 e. The molecule has 1 saturated carbocycles. The highest BCUT2D eigenvalue weighted by molar-refractivity contribution is 5.77. The molecule has 1 aromatic rings. The second kappa shape index (κ2) is 5.79. The van der Waals surface area contributed by atoms with Gasteiger partial charge in [0.2, 0.25) is 5.91 Å². The van der Waals surface area contributed by atoms with E-state index in [1.807, 2.05) is 12.3 Å². The summed E-state index contributed by atoms with van der Waals surface area (Å²) in [5.74, 6) is 0.716. The number of primary amides is 1. The molecule has 1 aliphatic carbocycles. The topological polar surface area (TPSA) is 71.2 Å². The van der Waals surface area contributed by atoms with E-state index in [0.29, 0.717) is 12.6 Å². The molecule has 0 spiro atoms. The molecule has 3 rings (SSSR count). The van der Waals surface area contributed by atoms with Gasteiger partial charge in [-0.1, -0.05) is 6.07 Å². The Labute approximate surface area is 119 Å². The van der Waals surface area contributed by atoms with Crippen molar-refractivity contribution in [2.45, 2.75) is 38.3 Å². The summed E-state index contributed by atoms with van der Waals surface area (Å²) in [6.07, 6.45) is 6.43. The van der Waals surface area contributed by atoms with Gasteiger partial charge in [-0.2, -0.15) is 0 Å². The molecule has 5 heteroatoms. The van der Waals surface area contributed by atoms with E-state index < -0.39 is 0 Å². The van der Waals surface area contributed by atoms with Gasteiger partial charge in [0.25, 0.3) is 0 Å². The Morgan fingerprint density at radius 3 is 2.90 bits per heavy atom. The Balaban J connectivity index is 1.59. The van der Waals surface area contributed by atoms with Gasteiger partial charge in [-0.3, -0.25) is 4.79 Å². The number of aromatic nitrogens is 1. The van der Waals surface area contributed by atoms with Crippen LogP contribution < -0.4 is 16.0 Å². The van der Waals surface area contributed by atoms with Gasteiger partial charge in [0.1, 0.15) is 5.82 Å². The summed E-state index contributed by atoms with van der Waals surface area (Å²) in [7, 11) is 0. The van der Waals surface area contributed by atoms with E-state index in [1.165, 1.54) is 18.4 Å². The fourth-order valence-corrected chi connectivity index (χ4v) is 2.68. The third-order valence-electron chi connectivity index (χ3n) is 4.13. The Kier molecular flexibility index (Phi) is 3.87. The number of anilines is 1. The number of amides is 1. The molecule has 0 bridgehead atoms. The SMILES string of the molecule is NC(=O)C1CCCN(c2ccc(CNC3CC3)cn2)C1. The summed E-state index contributed by atoms with van der Waals surface area (Å²) in [4.78, 5) is 18.0. The number of carbonyl (C=O) groups excluding carboxylic acids is 1. The van der Waals surface area contributed by atoms with E-state index in [4.69, 9.17) is 5.73 Å². The minimum atomic E-state index is -0.194. The molecule has 1 aliphatic heterocycles. The summed E-state index contributed by atoms with van der Waals surface area (Å²) < 4.78 is 0. The molecule has 2 heterocycles. The molecule has 0 radical (unpaired) electrons. The second-order valence-corrected chi connectivity index (χ2v) is 5.87. The van der Waals surface area contributed by atoms with Crippen molar-refractivity contribution in [3.8, 4) is 0 Å². The average molecular weight is 274 g/mol. The molecule has 1 atom stereocenters. The number of pyridine rings is 1. The number of nitrogens with two attached hydrogens (primary N) is 1. The Bertz CT molecular complexity index is 469. The van der Waals surface area contributed by atoms with Crippen LogP contribution in [0.1, 0.15) is 31.2 Å². The molecular formula is C15H22N4O. The lowest BCUT2D eigenvalue weighted by molar-refractivity contribution is -0.122. The van der Waals surface area contributed by atoms with Crippen molar-refractivity contribution in [2.75, 3.05) is 18.0 Å². The fraction of sp³-hybridized carbons (Fsp3) is 0.600. The smallest absolute Gasteiger partial charge is 0.222 e. The standard InChI is InChI=1S/C15H22N4O/c16-15(20)12-2-1-7-19(10-12)14-6-3-11(9-18-14)8-17-13-4-5-13/h3,6,9,12-13,17H,1-2,4-5,7-8,10H2,(H2,16,20). The third-order valence-corrected chi connectivity index (χ3v) is 4.13. The lowest BCUT2D eigenvalue weighted by atomic mass is 9.97. The van der Waals surface area contributed by atoms with Crippen molar-refractivity contribution in [1.29, 1.82) is 0 Å². The Morgan fingerprint density at radius 2 is 2.25 bits per heavy atom. The number of hydrogen-bond donors (Lipinski definition) is 2. The van der Waals surface area contributed by atoms with Crippen molar-refractivity contribution < 1.29 is 4.79 Å². The first-order valence-electron chi connectivity index (χ1n) is 7.45. The summed E-state index contributed by atoms with van der Waals surface area (Å²) in [5, 5.41) is 3.48. The van der Waals surface area contributed by atoms with Crippen molar-refractivity contribution in [3.05, 3.63) is 23.9 Å². The van der Waals surface area contributed by atoms with Gasteiger partial charge in [-0.05, 0) is 37.3 Å². The van der Waals surface area contributed by atoms with Crippen LogP contribution in [0.5, 0.6) is 0 Å². The molecular weight excluding hydrogens is 252 g/mol. The van der Waals surface area contributed by atoms with Crippen LogP contribution in [-0.2, 0) is 11.3 Å². The average Bonchev–Trinajstić information content (AvgIpc) is 3.30. The van der Waals surface area contributed by atoms with Gasteiger partial charge >= 0.3 is 0 Å². The normalized spacial score (nSPS) is 22.8. The summed E-state index contributed by atoms with van der Waals surface area (Å²) in [6, 6.07) is 4.88. The third kappa shape index (κ3) is 3.28. The van der Waals surface area contributed by atoms with Gasteiger partial charge in [-0.25, -0.2) is 4.98 Å². The second-order valence-electron chi connectivity index (χ2n) is 5.87. The number of piperidine rings is 1. The number of nitrogens with zero attached hydrogens (tertiary/aromatic N) is 2. The predicted molar refractivity (Wildman–Crippen MR) is 78.2 cm³/mol. The van der Waals surface area contributed by atoms with E-state index >= 15 is 0 Å². The Hall–Kier alpha value is -1.62. The van der Waals surface area contributed by atoms with Crippen molar-refractivity contribution in [1.82, 2.24) is 10.3 Å². The van der Waals surface area contributed by atoms with E-state index in [2.05, 4.69) is 21.3 Å². The zero-order valence-corrected chi connectivity index (χ0v) is 11.7. The highest BCUT2D eigenvalue weighted by Gasteiger charge is 2.24. The van der Waals surface area contributed by atoms with Crippen molar-refractivity contribution in [2.24, 2.45) is 11.7 Å². The Morgan fingerprint density at radius 1 is 1.40 bits per heavy atom. The minimum Gasteiger partial charge on any atom is -0.369 e. The van der Waals surface area contributed by atoms with E-state index in [1.54, 1.807) is 0 Å². The zero-order chi connectivity index (χ0) is 13.9. The van der Waals surface area contributed by atoms with Crippen LogP contribution in [0.15, 0.2) is 18.3 Å². The van der Waals surface area contributed by atoms with Crippen LogP contribution in [0, 0.1) is 5.92 Å². The lowest BCUT2D eigenvalue weighted by Crippen LogP contribution is -2.41. The van der Waals surface area contributed by atoms with Crippen molar-refractivity contribution >= 4 is 11.7 Å². The quantitative estimate of drug-likeness (QED) is 0.841. The van der Waals surface area contributed by atoms with Gasteiger partial charge in [0.05, 0.1) is 5.92 Å². The van der Waals surface area contributed by atoms with Gasteiger partial charge < -0.3 is 16.0 Å². The molecule has 2 aliphatic rings. The first kappa shape index (κ1) is 13.4. The number of nitrogens with one attached hydrogen (secondary N) is 1. The zero-order valence-electron chi connectivity index (χ0n) is 11.7. The summed E-state index contributed by atoms with van der Waals surface area (Å²) in [5.41, 5.74) is 6.62. The van der Waals surface area contributed by atoms with Gasteiger partial charge in [0, 0.05) is 31.9 Å². The number of carbonyl (C=O) groups is 1. The largest absolute Gasteiger partial charge is 0.369 e. The van der Waals surface area contributed by atoms with Crippen LogP contribution in [0.25, 0.3) is 0 Å². The fourth-order valence-electron chi connectivity index (χ4n) is 2.68. The van der Waals surface area contributed by atoms with E-state index in [-0.39, 0.29) is 11.8 Å². The van der Waals surface area contributed by atoms with E-state index in [0.717, 1.165) is 31.7 Å². The predicted octanol–water partition coefficient (Wildman–Crippen LogP) is 1.04. The van der Waals surface area contributed by atoms with Crippen LogP contribution in [-0.4, -0.2) is 30.0 Å². The molecule has 1 aromatic heterocycles. The van der Waals surface area contributed by atoms with Crippen LogP contribution in [0.3, 0.4) is 0 Å². The van der Waals surface area contributed by atoms with Gasteiger partial charge in [-0.15, -0.1) is 0 Å². The lowest BCUT2D eigenvalue weighted by Gasteiger charge is -2.32. The van der Waals surface area contributed by atoms with Crippen LogP contribution in [0.2, 0.25) is 0 Å². The summed E-state index contributed by atoms with van der Waals surface area (Å²) in [6.45, 7) is 2.54. The molecule has 0 aromatic carbocycles. The molecule has 1 amide bonds. The molecule has 2 fully saturated rings. The highest BCUT2D eigenvalue weighted by atomic mass is 16.1. The highest BCUT2D eigenvalue weighted by Crippen LogP contribution is 2.22. The summed E-state index contributed by atoms with van der Waals surface area (Å²) >= 11 is 0. The molecule has 5 nitrogen and oxygen atoms in total. The maximum absolute atomic E-state index is 11.3. The maximum atomic E-state index is 11.3. The minimum absolute atomic E-state index is 0.0400. The monoisotopic (exact) mass is 274 g/mol.